The number of benzene rings is 3. The van der Waals surface area contributed by atoms with Gasteiger partial charge in [-0.15, -0.1) is 0 Å². The highest BCUT2D eigenvalue weighted by molar-refractivity contribution is 7.92. The van der Waals surface area contributed by atoms with E-state index in [9.17, 15) is 18.0 Å². The van der Waals surface area contributed by atoms with Crippen LogP contribution in [0.2, 0.25) is 0 Å². The lowest BCUT2D eigenvalue weighted by Crippen LogP contribution is -2.52. The van der Waals surface area contributed by atoms with E-state index in [1.165, 1.54) is 17.0 Å². The molecule has 3 aromatic rings. The molecule has 0 fully saturated rings. The molecule has 0 aliphatic carbocycles. The lowest BCUT2D eigenvalue weighted by Gasteiger charge is -2.33. The van der Waals surface area contributed by atoms with Crippen LogP contribution in [-0.4, -0.2) is 44.3 Å². The maximum Gasteiger partial charge on any atom is 0.264 e. The topological polar surface area (TPSA) is 86.8 Å². The summed E-state index contributed by atoms with van der Waals surface area (Å²) in [4.78, 5) is 29.1. The van der Waals surface area contributed by atoms with Crippen molar-refractivity contribution in [3.05, 3.63) is 95.6 Å². The van der Waals surface area contributed by atoms with Crippen molar-refractivity contribution in [1.29, 1.82) is 0 Å². The van der Waals surface area contributed by atoms with Gasteiger partial charge in [-0.1, -0.05) is 94.8 Å². The number of carbonyl (C=O) groups is 2. The van der Waals surface area contributed by atoms with Gasteiger partial charge in [0.25, 0.3) is 10.0 Å². The van der Waals surface area contributed by atoms with Crippen molar-refractivity contribution < 1.29 is 18.0 Å². The molecular formula is C33H43N3O4S. The van der Waals surface area contributed by atoms with Crippen molar-refractivity contribution in [2.24, 2.45) is 5.92 Å². The summed E-state index contributed by atoms with van der Waals surface area (Å²) < 4.78 is 29.0. The number of sulfonamides is 1. The van der Waals surface area contributed by atoms with Crippen molar-refractivity contribution >= 4 is 27.5 Å². The Morgan fingerprint density at radius 3 is 2.10 bits per heavy atom. The number of nitrogens with one attached hydrogen (secondary N) is 1. The number of hydrogen-bond donors (Lipinski definition) is 1. The summed E-state index contributed by atoms with van der Waals surface area (Å²) in [5, 5.41) is 2.96. The SMILES string of the molecule is CCC(C(=O)NCC(C)C)N(Cc1cccc(C)c1)C(=O)CN(c1ccc(C(C)C)cc1)S(=O)(=O)c1ccccc1. The standard InChI is InChI=1S/C33H43N3O4S/c1-7-31(33(38)34-21-24(2)3)35(22-27-13-11-12-26(6)20-27)32(37)23-36(29-18-16-28(17-19-29)25(4)5)41(39,40)30-14-9-8-10-15-30/h8-20,24-25,31H,7,21-23H2,1-6H3,(H,34,38). The predicted molar refractivity (Wildman–Crippen MR) is 165 cm³/mol. The van der Waals surface area contributed by atoms with E-state index in [1.54, 1.807) is 30.3 Å². The molecule has 1 unspecified atom stereocenters. The Bertz CT molecular complexity index is 1400. The Morgan fingerprint density at radius 1 is 0.878 bits per heavy atom. The molecule has 2 amide bonds. The Hall–Kier alpha value is -3.65. The first kappa shape index (κ1) is 31.9. The van der Waals surface area contributed by atoms with Crippen LogP contribution in [0, 0.1) is 12.8 Å². The molecule has 0 heterocycles. The van der Waals surface area contributed by atoms with Crippen LogP contribution in [0.3, 0.4) is 0 Å². The monoisotopic (exact) mass is 577 g/mol. The van der Waals surface area contributed by atoms with E-state index in [0.717, 1.165) is 21.0 Å². The van der Waals surface area contributed by atoms with Gasteiger partial charge in [0.2, 0.25) is 11.8 Å². The van der Waals surface area contributed by atoms with Gasteiger partial charge < -0.3 is 10.2 Å². The molecule has 0 radical (unpaired) electrons. The average Bonchev–Trinajstić information content (AvgIpc) is 2.95. The zero-order chi connectivity index (χ0) is 30.2. The lowest BCUT2D eigenvalue weighted by atomic mass is 10.0. The maximum absolute atomic E-state index is 14.2. The van der Waals surface area contributed by atoms with Gasteiger partial charge in [-0.25, -0.2) is 8.42 Å². The molecule has 1 N–H and O–H groups in total. The van der Waals surface area contributed by atoms with E-state index in [4.69, 9.17) is 0 Å². The molecule has 3 rings (SSSR count). The van der Waals surface area contributed by atoms with Crippen LogP contribution in [0.1, 0.15) is 63.6 Å². The highest BCUT2D eigenvalue weighted by atomic mass is 32.2. The molecule has 0 aliphatic rings. The van der Waals surface area contributed by atoms with E-state index in [-0.39, 0.29) is 29.2 Å². The zero-order valence-corrected chi connectivity index (χ0v) is 25.8. The smallest absolute Gasteiger partial charge is 0.264 e. The van der Waals surface area contributed by atoms with Crippen LogP contribution in [0.4, 0.5) is 5.69 Å². The highest BCUT2D eigenvalue weighted by Gasteiger charge is 2.33. The molecular weight excluding hydrogens is 534 g/mol. The summed E-state index contributed by atoms with van der Waals surface area (Å²) in [6, 6.07) is 22.4. The molecule has 220 valence electrons. The third-order valence-electron chi connectivity index (χ3n) is 6.96. The van der Waals surface area contributed by atoms with E-state index in [0.29, 0.717) is 18.7 Å². The van der Waals surface area contributed by atoms with Gasteiger partial charge in [0.1, 0.15) is 12.6 Å². The van der Waals surface area contributed by atoms with Crippen LogP contribution in [0.25, 0.3) is 0 Å². The maximum atomic E-state index is 14.2. The number of amides is 2. The third-order valence-corrected chi connectivity index (χ3v) is 8.75. The zero-order valence-electron chi connectivity index (χ0n) is 25.0. The fourth-order valence-corrected chi connectivity index (χ4v) is 6.06. The van der Waals surface area contributed by atoms with Crippen molar-refractivity contribution in [2.75, 3.05) is 17.4 Å². The first-order valence-electron chi connectivity index (χ1n) is 14.2. The summed E-state index contributed by atoms with van der Waals surface area (Å²) in [6.07, 6.45) is 0.385. The second-order valence-corrected chi connectivity index (χ2v) is 13.0. The van der Waals surface area contributed by atoms with Crippen LogP contribution in [0.15, 0.2) is 83.8 Å². The summed E-state index contributed by atoms with van der Waals surface area (Å²) in [5.74, 6) is -0.187. The number of anilines is 1. The summed E-state index contributed by atoms with van der Waals surface area (Å²) >= 11 is 0. The summed E-state index contributed by atoms with van der Waals surface area (Å²) in [7, 11) is -4.08. The minimum absolute atomic E-state index is 0.0905. The van der Waals surface area contributed by atoms with Gasteiger partial charge in [-0.3, -0.25) is 13.9 Å². The molecule has 3 aromatic carbocycles. The summed E-state index contributed by atoms with van der Waals surface area (Å²) in [5.41, 5.74) is 3.35. The molecule has 1 atom stereocenters. The Morgan fingerprint density at radius 2 is 1.54 bits per heavy atom. The van der Waals surface area contributed by atoms with Crippen molar-refractivity contribution in [3.8, 4) is 0 Å². The Labute approximate surface area is 245 Å². The molecule has 0 saturated carbocycles. The second kappa shape index (κ2) is 14.3. The van der Waals surface area contributed by atoms with Crippen molar-refractivity contribution in [1.82, 2.24) is 10.2 Å². The highest BCUT2D eigenvalue weighted by Crippen LogP contribution is 2.27. The van der Waals surface area contributed by atoms with E-state index in [2.05, 4.69) is 19.2 Å². The fourth-order valence-electron chi connectivity index (χ4n) is 4.62. The first-order chi connectivity index (χ1) is 19.4. The molecule has 0 spiro atoms. The number of rotatable bonds is 13. The van der Waals surface area contributed by atoms with Gasteiger partial charge in [0.15, 0.2) is 0 Å². The van der Waals surface area contributed by atoms with Crippen molar-refractivity contribution in [3.63, 3.8) is 0 Å². The number of aryl methyl sites for hydroxylation is 1. The van der Waals surface area contributed by atoms with Crippen LogP contribution in [-0.2, 0) is 26.2 Å². The average molecular weight is 578 g/mol. The van der Waals surface area contributed by atoms with Gasteiger partial charge >= 0.3 is 0 Å². The van der Waals surface area contributed by atoms with Crippen LogP contribution in [0.5, 0.6) is 0 Å². The molecule has 0 aliphatic heterocycles. The predicted octanol–water partition coefficient (Wildman–Crippen LogP) is 5.89. The third kappa shape index (κ3) is 8.43. The quantitative estimate of drug-likeness (QED) is 0.274. The normalized spacial score (nSPS) is 12.3. The number of carbonyl (C=O) groups excluding carboxylic acids is 2. The van der Waals surface area contributed by atoms with Gasteiger partial charge in [-0.05, 0) is 60.6 Å². The second-order valence-electron chi connectivity index (χ2n) is 11.1. The van der Waals surface area contributed by atoms with Crippen molar-refractivity contribution in [2.45, 2.75) is 71.4 Å². The number of hydrogen-bond acceptors (Lipinski definition) is 4. The van der Waals surface area contributed by atoms with E-state index < -0.39 is 28.5 Å². The largest absolute Gasteiger partial charge is 0.354 e. The minimum atomic E-state index is -4.08. The first-order valence-corrected chi connectivity index (χ1v) is 15.7. The molecule has 41 heavy (non-hydrogen) atoms. The van der Waals surface area contributed by atoms with Crippen LogP contribution >= 0.6 is 0 Å². The minimum Gasteiger partial charge on any atom is -0.354 e. The molecule has 0 aromatic heterocycles. The number of nitrogens with zero attached hydrogens (tertiary/aromatic N) is 2. The Balaban J connectivity index is 2.05. The van der Waals surface area contributed by atoms with E-state index in [1.807, 2.05) is 64.1 Å². The van der Waals surface area contributed by atoms with Crippen LogP contribution < -0.4 is 9.62 Å². The molecule has 7 nitrogen and oxygen atoms in total. The van der Waals surface area contributed by atoms with Gasteiger partial charge in [0.05, 0.1) is 10.6 Å². The van der Waals surface area contributed by atoms with Gasteiger partial charge in [0, 0.05) is 13.1 Å². The lowest BCUT2D eigenvalue weighted by molar-refractivity contribution is -0.140. The van der Waals surface area contributed by atoms with Gasteiger partial charge in [-0.2, -0.15) is 0 Å². The summed E-state index contributed by atoms with van der Waals surface area (Å²) in [6.45, 7) is 12.2. The molecule has 8 heteroatoms. The molecule has 0 bridgehead atoms. The van der Waals surface area contributed by atoms with E-state index >= 15 is 0 Å². The fraction of sp³-hybridized carbons (Fsp3) is 0.394. The Kier molecular flexibility index (Phi) is 11.1. The molecule has 0 saturated heterocycles.